The van der Waals surface area contributed by atoms with Gasteiger partial charge in [0.05, 0.1) is 11.2 Å². The SMILES string of the molecule is Cc1nccn1CCn1ccc2cccc(N)c21. The average molecular weight is 240 g/mol. The van der Waals surface area contributed by atoms with Crippen LogP contribution in [0.15, 0.2) is 42.9 Å². The van der Waals surface area contributed by atoms with E-state index >= 15 is 0 Å². The molecular formula is C14H16N4. The number of hydrogen-bond acceptors (Lipinski definition) is 2. The highest BCUT2D eigenvalue weighted by molar-refractivity contribution is 5.90. The van der Waals surface area contributed by atoms with Crippen molar-refractivity contribution in [1.29, 1.82) is 0 Å². The van der Waals surface area contributed by atoms with Gasteiger partial charge in [-0.05, 0) is 19.1 Å². The average Bonchev–Trinajstić information content (AvgIpc) is 2.94. The zero-order valence-electron chi connectivity index (χ0n) is 10.4. The second-order valence-corrected chi connectivity index (χ2v) is 4.46. The van der Waals surface area contributed by atoms with Crippen LogP contribution in [0, 0.1) is 6.92 Å². The van der Waals surface area contributed by atoms with Crippen LogP contribution >= 0.6 is 0 Å². The van der Waals surface area contributed by atoms with Crippen LogP contribution in [0.5, 0.6) is 0 Å². The van der Waals surface area contributed by atoms with Crippen molar-refractivity contribution in [1.82, 2.24) is 14.1 Å². The molecule has 0 unspecified atom stereocenters. The fraction of sp³-hybridized carbons (Fsp3) is 0.214. The largest absolute Gasteiger partial charge is 0.397 e. The van der Waals surface area contributed by atoms with Gasteiger partial charge in [0.2, 0.25) is 0 Å². The van der Waals surface area contributed by atoms with Crippen LogP contribution in [0.3, 0.4) is 0 Å². The highest BCUT2D eigenvalue weighted by atomic mass is 15.1. The number of aromatic nitrogens is 3. The van der Waals surface area contributed by atoms with Gasteiger partial charge in [0.15, 0.2) is 0 Å². The third-order valence-corrected chi connectivity index (χ3v) is 3.33. The number of rotatable bonds is 3. The first kappa shape index (κ1) is 10.9. The van der Waals surface area contributed by atoms with Crippen molar-refractivity contribution in [2.45, 2.75) is 20.0 Å². The summed E-state index contributed by atoms with van der Waals surface area (Å²) in [6, 6.07) is 8.13. The Bertz CT molecular complexity index is 678. The molecule has 0 saturated heterocycles. The first-order valence-electron chi connectivity index (χ1n) is 6.07. The number of para-hydroxylation sites is 1. The summed E-state index contributed by atoms with van der Waals surface area (Å²) in [6.45, 7) is 3.82. The maximum Gasteiger partial charge on any atom is 0.105 e. The molecule has 0 aliphatic carbocycles. The molecule has 2 aromatic heterocycles. The topological polar surface area (TPSA) is 48.8 Å². The molecular weight excluding hydrogens is 224 g/mol. The van der Waals surface area contributed by atoms with Crippen molar-refractivity contribution in [2.24, 2.45) is 0 Å². The fourth-order valence-electron chi connectivity index (χ4n) is 2.33. The lowest BCUT2D eigenvalue weighted by Crippen LogP contribution is -2.07. The summed E-state index contributed by atoms with van der Waals surface area (Å²) in [7, 11) is 0. The Morgan fingerprint density at radius 2 is 1.94 bits per heavy atom. The van der Waals surface area contributed by atoms with Crippen molar-refractivity contribution in [2.75, 3.05) is 5.73 Å². The number of nitrogens with zero attached hydrogens (tertiary/aromatic N) is 3. The van der Waals surface area contributed by atoms with Crippen LogP contribution in [0.2, 0.25) is 0 Å². The third-order valence-electron chi connectivity index (χ3n) is 3.33. The summed E-state index contributed by atoms with van der Waals surface area (Å²) in [5.74, 6) is 1.04. The second kappa shape index (κ2) is 4.22. The Balaban J connectivity index is 1.89. The lowest BCUT2D eigenvalue weighted by atomic mass is 10.2. The number of hydrogen-bond donors (Lipinski definition) is 1. The van der Waals surface area contributed by atoms with Crippen LogP contribution in [-0.2, 0) is 13.1 Å². The van der Waals surface area contributed by atoms with E-state index in [1.54, 1.807) is 0 Å². The van der Waals surface area contributed by atoms with E-state index < -0.39 is 0 Å². The number of fused-ring (bicyclic) bond motifs is 1. The Labute approximate surface area is 106 Å². The number of nitrogen functional groups attached to an aromatic ring is 1. The van der Waals surface area contributed by atoms with Gasteiger partial charge in [-0.3, -0.25) is 0 Å². The van der Waals surface area contributed by atoms with E-state index in [4.69, 9.17) is 5.73 Å². The summed E-state index contributed by atoms with van der Waals surface area (Å²) in [4.78, 5) is 4.23. The molecule has 18 heavy (non-hydrogen) atoms. The van der Waals surface area contributed by atoms with Crippen LogP contribution in [0.25, 0.3) is 10.9 Å². The minimum Gasteiger partial charge on any atom is -0.397 e. The first-order chi connectivity index (χ1) is 8.75. The molecule has 0 aliphatic heterocycles. The summed E-state index contributed by atoms with van der Waals surface area (Å²) in [5.41, 5.74) is 7.99. The van der Waals surface area contributed by atoms with Gasteiger partial charge < -0.3 is 14.9 Å². The van der Waals surface area contributed by atoms with Crippen molar-refractivity contribution in [3.63, 3.8) is 0 Å². The van der Waals surface area contributed by atoms with E-state index in [0.29, 0.717) is 0 Å². The summed E-state index contributed by atoms with van der Waals surface area (Å²) in [5, 5.41) is 1.19. The molecule has 3 aromatic rings. The standard InChI is InChI=1S/C14H16N4/c1-11-16-6-8-17(11)9-10-18-7-5-12-3-2-4-13(15)14(12)18/h2-8H,9-10,15H2,1H3. The molecule has 0 bridgehead atoms. The predicted molar refractivity (Wildman–Crippen MR) is 73.3 cm³/mol. The van der Waals surface area contributed by atoms with Gasteiger partial charge in [0.25, 0.3) is 0 Å². The number of aryl methyl sites for hydroxylation is 3. The van der Waals surface area contributed by atoms with Crippen molar-refractivity contribution >= 4 is 16.6 Å². The van der Waals surface area contributed by atoms with E-state index in [-0.39, 0.29) is 0 Å². The zero-order chi connectivity index (χ0) is 12.5. The molecule has 4 heteroatoms. The normalized spacial score (nSPS) is 11.2. The Morgan fingerprint density at radius 1 is 1.11 bits per heavy atom. The third kappa shape index (κ3) is 1.76. The Morgan fingerprint density at radius 3 is 2.72 bits per heavy atom. The summed E-state index contributed by atoms with van der Waals surface area (Å²) < 4.78 is 4.34. The maximum atomic E-state index is 6.04. The number of benzene rings is 1. The van der Waals surface area contributed by atoms with Gasteiger partial charge in [-0.1, -0.05) is 12.1 Å². The van der Waals surface area contributed by atoms with Gasteiger partial charge in [0.1, 0.15) is 5.82 Å². The molecule has 0 aliphatic rings. The van der Waals surface area contributed by atoms with Crippen LogP contribution in [-0.4, -0.2) is 14.1 Å². The van der Waals surface area contributed by atoms with Crippen LogP contribution < -0.4 is 5.73 Å². The van der Waals surface area contributed by atoms with E-state index in [2.05, 4.69) is 32.4 Å². The summed E-state index contributed by atoms with van der Waals surface area (Å²) in [6.07, 6.45) is 5.93. The monoisotopic (exact) mass is 240 g/mol. The van der Waals surface area contributed by atoms with Gasteiger partial charge in [0, 0.05) is 37.1 Å². The molecule has 0 saturated carbocycles. The Kier molecular flexibility index (Phi) is 2.55. The number of nitrogens with two attached hydrogens (primary N) is 1. The first-order valence-corrected chi connectivity index (χ1v) is 6.07. The molecule has 1 aromatic carbocycles. The second-order valence-electron chi connectivity index (χ2n) is 4.46. The predicted octanol–water partition coefficient (Wildman–Crippen LogP) is 2.43. The molecule has 0 atom stereocenters. The Hall–Kier alpha value is -2.23. The van der Waals surface area contributed by atoms with Crippen molar-refractivity contribution in [3.05, 3.63) is 48.7 Å². The van der Waals surface area contributed by atoms with E-state index in [0.717, 1.165) is 30.1 Å². The van der Waals surface area contributed by atoms with Crippen molar-refractivity contribution in [3.8, 4) is 0 Å². The van der Waals surface area contributed by atoms with E-state index in [1.807, 2.05) is 31.5 Å². The molecule has 2 heterocycles. The highest BCUT2D eigenvalue weighted by Crippen LogP contribution is 2.22. The minimum absolute atomic E-state index is 0.833. The van der Waals surface area contributed by atoms with Crippen LogP contribution in [0.1, 0.15) is 5.82 Å². The lowest BCUT2D eigenvalue weighted by molar-refractivity contribution is 0.580. The van der Waals surface area contributed by atoms with E-state index in [9.17, 15) is 0 Å². The summed E-state index contributed by atoms with van der Waals surface area (Å²) >= 11 is 0. The van der Waals surface area contributed by atoms with Crippen LogP contribution in [0.4, 0.5) is 5.69 Å². The molecule has 0 fully saturated rings. The van der Waals surface area contributed by atoms with E-state index in [1.165, 1.54) is 5.39 Å². The molecule has 4 nitrogen and oxygen atoms in total. The fourth-order valence-corrected chi connectivity index (χ4v) is 2.33. The highest BCUT2D eigenvalue weighted by Gasteiger charge is 2.04. The molecule has 92 valence electrons. The smallest absolute Gasteiger partial charge is 0.105 e. The van der Waals surface area contributed by atoms with Gasteiger partial charge >= 0.3 is 0 Å². The minimum atomic E-state index is 0.833. The van der Waals surface area contributed by atoms with Gasteiger partial charge in [-0.2, -0.15) is 0 Å². The number of imidazole rings is 1. The molecule has 0 amide bonds. The van der Waals surface area contributed by atoms with Gasteiger partial charge in [-0.25, -0.2) is 4.98 Å². The number of anilines is 1. The quantitative estimate of drug-likeness (QED) is 0.715. The lowest BCUT2D eigenvalue weighted by Gasteiger charge is -2.09. The molecule has 0 spiro atoms. The molecule has 0 radical (unpaired) electrons. The molecule has 2 N–H and O–H groups in total. The molecule has 3 rings (SSSR count). The van der Waals surface area contributed by atoms with Crippen molar-refractivity contribution < 1.29 is 0 Å². The maximum absolute atomic E-state index is 6.04. The van der Waals surface area contributed by atoms with Gasteiger partial charge in [-0.15, -0.1) is 0 Å². The zero-order valence-corrected chi connectivity index (χ0v) is 10.4.